The first-order valence-corrected chi connectivity index (χ1v) is 5.94. The molecule has 3 nitrogen and oxygen atoms in total. The molecule has 1 unspecified atom stereocenters. The van der Waals surface area contributed by atoms with E-state index in [-0.39, 0.29) is 5.97 Å². The first-order chi connectivity index (χ1) is 8.58. The summed E-state index contributed by atoms with van der Waals surface area (Å²) < 4.78 is 4.85. The number of terminal acetylenes is 1. The third-order valence-corrected chi connectivity index (χ3v) is 3.08. The zero-order valence-corrected chi connectivity index (χ0v) is 11.1. The third kappa shape index (κ3) is 2.91. The minimum absolute atomic E-state index is 0.307. The number of hydrogen-bond acceptors (Lipinski definition) is 3. The second-order valence-electron chi connectivity index (χ2n) is 4.22. The summed E-state index contributed by atoms with van der Waals surface area (Å²) in [5, 5.41) is 3.04. The highest BCUT2D eigenvalue weighted by Gasteiger charge is 2.35. The molecule has 0 fully saturated rings. The van der Waals surface area contributed by atoms with Crippen molar-refractivity contribution in [3.05, 3.63) is 35.4 Å². The predicted molar refractivity (Wildman–Crippen MR) is 72.0 cm³/mol. The van der Waals surface area contributed by atoms with Gasteiger partial charge in [-0.1, -0.05) is 37.1 Å². The van der Waals surface area contributed by atoms with Crippen molar-refractivity contribution in [1.82, 2.24) is 5.32 Å². The van der Waals surface area contributed by atoms with E-state index in [4.69, 9.17) is 11.2 Å². The molecule has 0 aliphatic rings. The van der Waals surface area contributed by atoms with E-state index in [1.807, 2.05) is 24.3 Å². The summed E-state index contributed by atoms with van der Waals surface area (Å²) in [6.07, 6.45) is 6.20. The number of rotatable bonds is 5. The van der Waals surface area contributed by atoms with Gasteiger partial charge in [0.2, 0.25) is 0 Å². The second-order valence-corrected chi connectivity index (χ2v) is 4.22. The maximum absolute atomic E-state index is 11.9. The van der Waals surface area contributed by atoms with Gasteiger partial charge in [-0.25, -0.2) is 4.79 Å². The number of carbonyl (C=O) groups is 1. The number of methoxy groups -OCH3 is 1. The van der Waals surface area contributed by atoms with E-state index in [1.165, 1.54) is 12.7 Å². The van der Waals surface area contributed by atoms with E-state index in [0.717, 1.165) is 12.0 Å². The Morgan fingerprint density at radius 3 is 2.50 bits per heavy atom. The van der Waals surface area contributed by atoms with E-state index >= 15 is 0 Å². The molecule has 0 radical (unpaired) electrons. The van der Waals surface area contributed by atoms with Crippen molar-refractivity contribution >= 4 is 5.97 Å². The first kappa shape index (κ1) is 14.3. The molecule has 0 aliphatic heterocycles. The number of aryl methyl sites for hydroxylation is 1. The number of ether oxygens (including phenoxy) is 1. The molecule has 0 spiro atoms. The normalized spacial score (nSPS) is 13.4. The summed E-state index contributed by atoms with van der Waals surface area (Å²) in [5.41, 5.74) is 1.16. The Bertz CT molecular complexity index is 445. The van der Waals surface area contributed by atoms with E-state index < -0.39 is 5.54 Å². The standard InChI is InChI=1S/C15H19NO2/c1-5-11-16-15(3,14(17)18-4)13-9-7-12(6-2)8-10-13/h1,7-10,16H,6,11H2,2-4H3. The molecule has 0 bridgehead atoms. The topological polar surface area (TPSA) is 38.3 Å². The van der Waals surface area contributed by atoms with Crippen LogP contribution in [-0.2, 0) is 21.5 Å². The molecule has 1 rings (SSSR count). The Balaban J connectivity index is 3.08. The zero-order valence-electron chi connectivity index (χ0n) is 11.1. The lowest BCUT2D eigenvalue weighted by Gasteiger charge is -2.27. The lowest BCUT2D eigenvalue weighted by atomic mass is 9.91. The Hall–Kier alpha value is -1.79. The first-order valence-electron chi connectivity index (χ1n) is 5.94. The van der Waals surface area contributed by atoms with E-state index in [1.54, 1.807) is 6.92 Å². The highest BCUT2D eigenvalue weighted by molar-refractivity contribution is 5.82. The van der Waals surface area contributed by atoms with E-state index in [2.05, 4.69) is 18.2 Å². The van der Waals surface area contributed by atoms with Crippen molar-refractivity contribution in [3.8, 4) is 12.3 Å². The van der Waals surface area contributed by atoms with Crippen LogP contribution in [0.1, 0.15) is 25.0 Å². The summed E-state index contributed by atoms with van der Waals surface area (Å²) in [5.74, 6) is 2.13. The number of nitrogens with one attached hydrogen (secondary N) is 1. The van der Waals surface area contributed by atoms with Crippen molar-refractivity contribution in [3.63, 3.8) is 0 Å². The molecule has 0 amide bonds. The van der Waals surface area contributed by atoms with Crippen LogP contribution in [0.3, 0.4) is 0 Å². The fraction of sp³-hybridized carbons (Fsp3) is 0.400. The molecule has 0 aromatic heterocycles. The Labute approximate surface area is 109 Å². The fourth-order valence-electron chi connectivity index (χ4n) is 1.80. The molecule has 0 aliphatic carbocycles. The van der Waals surface area contributed by atoms with Crippen LogP contribution in [0.2, 0.25) is 0 Å². The van der Waals surface area contributed by atoms with Gasteiger partial charge in [0.1, 0.15) is 5.54 Å². The van der Waals surface area contributed by atoms with Crippen LogP contribution in [0.25, 0.3) is 0 Å². The molecule has 18 heavy (non-hydrogen) atoms. The van der Waals surface area contributed by atoms with Crippen LogP contribution < -0.4 is 5.32 Å². The van der Waals surface area contributed by atoms with Gasteiger partial charge in [0.15, 0.2) is 0 Å². The van der Waals surface area contributed by atoms with Gasteiger partial charge < -0.3 is 4.74 Å². The van der Waals surface area contributed by atoms with Gasteiger partial charge in [0.05, 0.1) is 13.7 Å². The number of esters is 1. The molecule has 3 heteroatoms. The van der Waals surface area contributed by atoms with Gasteiger partial charge in [-0.2, -0.15) is 0 Å². The fourth-order valence-corrected chi connectivity index (χ4v) is 1.80. The van der Waals surface area contributed by atoms with Crippen molar-refractivity contribution in [2.75, 3.05) is 13.7 Å². The Morgan fingerprint density at radius 1 is 1.44 bits per heavy atom. The summed E-state index contributed by atoms with van der Waals surface area (Å²) >= 11 is 0. The number of carbonyl (C=O) groups excluding carboxylic acids is 1. The summed E-state index contributed by atoms with van der Waals surface area (Å²) in [7, 11) is 1.37. The maximum Gasteiger partial charge on any atom is 0.330 e. The summed E-state index contributed by atoms with van der Waals surface area (Å²) in [6.45, 7) is 4.17. The summed E-state index contributed by atoms with van der Waals surface area (Å²) in [4.78, 5) is 11.9. The zero-order chi connectivity index (χ0) is 13.6. The van der Waals surface area contributed by atoms with Gasteiger partial charge in [-0.3, -0.25) is 5.32 Å². The molecule has 1 aromatic rings. The van der Waals surface area contributed by atoms with Crippen molar-refractivity contribution in [2.45, 2.75) is 25.8 Å². The van der Waals surface area contributed by atoms with Crippen molar-refractivity contribution in [2.24, 2.45) is 0 Å². The second kappa shape index (κ2) is 6.23. The molecule has 0 saturated heterocycles. The minimum atomic E-state index is -0.909. The van der Waals surface area contributed by atoms with Crippen LogP contribution in [0, 0.1) is 12.3 Å². The Morgan fingerprint density at radius 2 is 2.06 bits per heavy atom. The Kier molecular flexibility index (Phi) is 4.94. The number of hydrogen-bond donors (Lipinski definition) is 1. The molecule has 0 saturated carbocycles. The van der Waals surface area contributed by atoms with Gasteiger partial charge in [-0.05, 0) is 24.5 Å². The van der Waals surface area contributed by atoms with Gasteiger partial charge in [-0.15, -0.1) is 6.42 Å². The van der Waals surface area contributed by atoms with Crippen LogP contribution >= 0.6 is 0 Å². The van der Waals surface area contributed by atoms with Gasteiger partial charge in [0.25, 0.3) is 0 Å². The van der Waals surface area contributed by atoms with Crippen LogP contribution in [-0.4, -0.2) is 19.6 Å². The average molecular weight is 245 g/mol. The molecule has 0 heterocycles. The van der Waals surface area contributed by atoms with Gasteiger partial charge >= 0.3 is 5.97 Å². The molecular weight excluding hydrogens is 226 g/mol. The molecular formula is C15H19NO2. The van der Waals surface area contributed by atoms with Gasteiger partial charge in [0, 0.05) is 0 Å². The van der Waals surface area contributed by atoms with Crippen LogP contribution in [0.4, 0.5) is 0 Å². The molecule has 1 atom stereocenters. The van der Waals surface area contributed by atoms with Crippen molar-refractivity contribution in [1.29, 1.82) is 0 Å². The van der Waals surface area contributed by atoms with Crippen molar-refractivity contribution < 1.29 is 9.53 Å². The maximum atomic E-state index is 11.9. The van der Waals surface area contributed by atoms with Crippen LogP contribution in [0.15, 0.2) is 24.3 Å². The SMILES string of the molecule is C#CCNC(C)(C(=O)OC)c1ccc(CC)cc1. The minimum Gasteiger partial charge on any atom is -0.467 e. The molecule has 1 aromatic carbocycles. The lowest BCUT2D eigenvalue weighted by molar-refractivity contribution is -0.148. The monoisotopic (exact) mass is 245 g/mol. The highest BCUT2D eigenvalue weighted by atomic mass is 16.5. The largest absolute Gasteiger partial charge is 0.467 e. The third-order valence-electron chi connectivity index (χ3n) is 3.08. The number of benzene rings is 1. The highest BCUT2D eigenvalue weighted by Crippen LogP contribution is 2.22. The summed E-state index contributed by atoms with van der Waals surface area (Å²) in [6, 6.07) is 7.88. The predicted octanol–water partition coefficient (Wildman–Crippen LogP) is 1.86. The van der Waals surface area contributed by atoms with E-state index in [9.17, 15) is 4.79 Å². The average Bonchev–Trinajstić information content (AvgIpc) is 2.43. The smallest absolute Gasteiger partial charge is 0.330 e. The quantitative estimate of drug-likeness (QED) is 0.635. The molecule has 96 valence electrons. The lowest BCUT2D eigenvalue weighted by Crippen LogP contribution is -2.47. The molecule has 1 N–H and O–H groups in total. The van der Waals surface area contributed by atoms with Crippen LogP contribution in [0.5, 0.6) is 0 Å². The van der Waals surface area contributed by atoms with E-state index in [0.29, 0.717) is 6.54 Å².